The highest BCUT2D eigenvalue weighted by Crippen LogP contribution is 2.19. The Bertz CT molecular complexity index is 721. The molecule has 0 heterocycles. The van der Waals surface area contributed by atoms with Gasteiger partial charge in [-0.1, -0.05) is 37.6 Å². The summed E-state index contributed by atoms with van der Waals surface area (Å²) in [4.78, 5) is 22.4. The molecule has 0 unspecified atom stereocenters. The molecule has 0 aliphatic rings. The number of nitrogens with one attached hydrogen (secondary N) is 1. The van der Waals surface area contributed by atoms with Crippen molar-refractivity contribution in [1.29, 1.82) is 0 Å². The summed E-state index contributed by atoms with van der Waals surface area (Å²) < 4.78 is 0. The zero-order valence-corrected chi connectivity index (χ0v) is 12.9. The fourth-order valence-corrected chi connectivity index (χ4v) is 2.19. The molecule has 2 aromatic rings. The van der Waals surface area contributed by atoms with Crippen LogP contribution in [0.5, 0.6) is 0 Å². The highest BCUT2D eigenvalue weighted by molar-refractivity contribution is 6.02. The van der Waals surface area contributed by atoms with Gasteiger partial charge in [-0.05, 0) is 36.3 Å². The number of carbonyl (C=O) groups is 1. The molecule has 5 heteroatoms. The Hall–Kier alpha value is -2.95. The van der Waals surface area contributed by atoms with Crippen LogP contribution in [0.3, 0.4) is 0 Å². The van der Waals surface area contributed by atoms with Gasteiger partial charge in [0.1, 0.15) is 0 Å². The topological polar surface area (TPSA) is 72.2 Å². The van der Waals surface area contributed by atoms with E-state index in [9.17, 15) is 14.9 Å². The maximum Gasteiger partial charge on any atom is 0.276 e. The second kappa shape index (κ2) is 7.89. The third kappa shape index (κ3) is 4.78. The molecule has 0 aliphatic heterocycles. The first kappa shape index (κ1) is 16.4. The predicted molar refractivity (Wildman–Crippen MR) is 91.2 cm³/mol. The van der Waals surface area contributed by atoms with Gasteiger partial charge < -0.3 is 5.32 Å². The van der Waals surface area contributed by atoms with Gasteiger partial charge in [-0.25, -0.2) is 0 Å². The summed E-state index contributed by atoms with van der Waals surface area (Å²) in [5.41, 5.74) is 2.29. The van der Waals surface area contributed by atoms with E-state index in [1.165, 1.54) is 23.8 Å². The Morgan fingerprint density at radius 3 is 2.52 bits per heavy atom. The van der Waals surface area contributed by atoms with E-state index in [0.717, 1.165) is 12.8 Å². The van der Waals surface area contributed by atoms with E-state index in [1.807, 2.05) is 24.3 Å². The Morgan fingerprint density at radius 1 is 1.17 bits per heavy atom. The molecular formula is C18H18N2O3. The van der Waals surface area contributed by atoms with E-state index in [-0.39, 0.29) is 11.6 Å². The molecule has 0 aliphatic carbocycles. The van der Waals surface area contributed by atoms with Crippen LogP contribution in [0.1, 0.15) is 24.5 Å². The third-order valence-corrected chi connectivity index (χ3v) is 3.31. The lowest BCUT2D eigenvalue weighted by Crippen LogP contribution is -2.07. The summed E-state index contributed by atoms with van der Waals surface area (Å²) in [6.07, 6.45) is 4.82. The molecule has 0 spiro atoms. The van der Waals surface area contributed by atoms with Crippen molar-refractivity contribution in [3.8, 4) is 0 Å². The molecule has 1 N–H and O–H groups in total. The minimum Gasteiger partial charge on any atom is -0.323 e. The molecule has 0 saturated heterocycles. The Morgan fingerprint density at radius 2 is 1.87 bits per heavy atom. The number of nitro groups is 1. The quantitative estimate of drug-likeness (QED) is 0.494. The first-order chi connectivity index (χ1) is 11.1. The zero-order valence-electron chi connectivity index (χ0n) is 12.9. The summed E-state index contributed by atoms with van der Waals surface area (Å²) >= 11 is 0. The molecule has 1 amide bonds. The maximum absolute atomic E-state index is 11.9. The lowest BCUT2D eigenvalue weighted by Gasteiger charge is -2.04. The van der Waals surface area contributed by atoms with Crippen LogP contribution in [-0.4, -0.2) is 10.8 Å². The van der Waals surface area contributed by atoms with Gasteiger partial charge in [0.2, 0.25) is 5.91 Å². The lowest BCUT2D eigenvalue weighted by molar-refractivity contribution is -0.385. The van der Waals surface area contributed by atoms with Crippen molar-refractivity contribution in [3.63, 3.8) is 0 Å². The molecule has 0 aromatic heterocycles. The number of hydrogen-bond donors (Lipinski definition) is 1. The Balaban J connectivity index is 2.03. The lowest BCUT2D eigenvalue weighted by atomic mass is 10.1. The van der Waals surface area contributed by atoms with Crippen molar-refractivity contribution >= 4 is 23.4 Å². The van der Waals surface area contributed by atoms with Crippen molar-refractivity contribution in [2.75, 3.05) is 5.32 Å². The number of nitrogens with zero attached hydrogens (tertiary/aromatic N) is 1. The molecule has 23 heavy (non-hydrogen) atoms. The van der Waals surface area contributed by atoms with Crippen molar-refractivity contribution in [2.45, 2.75) is 19.8 Å². The predicted octanol–water partition coefficient (Wildman–Crippen LogP) is 4.20. The second-order valence-electron chi connectivity index (χ2n) is 5.09. The number of amides is 1. The van der Waals surface area contributed by atoms with Crippen LogP contribution in [0.4, 0.5) is 11.4 Å². The Labute approximate surface area is 134 Å². The molecule has 2 rings (SSSR count). The van der Waals surface area contributed by atoms with Gasteiger partial charge >= 0.3 is 0 Å². The SMILES string of the molecule is CCCc1ccc(NC(=O)/C=C/c2ccccc2[N+](=O)[O-])cc1. The van der Waals surface area contributed by atoms with Crippen molar-refractivity contribution < 1.29 is 9.72 Å². The fraction of sp³-hybridized carbons (Fsp3) is 0.167. The van der Waals surface area contributed by atoms with Crippen LogP contribution < -0.4 is 5.32 Å². The van der Waals surface area contributed by atoms with E-state index in [2.05, 4.69) is 12.2 Å². The fourth-order valence-electron chi connectivity index (χ4n) is 2.19. The summed E-state index contributed by atoms with van der Waals surface area (Å²) in [6, 6.07) is 13.9. The summed E-state index contributed by atoms with van der Waals surface area (Å²) in [6.45, 7) is 2.11. The van der Waals surface area contributed by atoms with Crippen molar-refractivity contribution in [3.05, 3.63) is 75.8 Å². The first-order valence-corrected chi connectivity index (χ1v) is 7.41. The zero-order chi connectivity index (χ0) is 16.7. The van der Waals surface area contributed by atoms with Gasteiger partial charge in [-0.2, -0.15) is 0 Å². The molecule has 5 nitrogen and oxygen atoms in total. The van der Waals surface area contributed by atoms with Crippen molar-refractivity contribution in [1.82, 2.24) is 0 Å². The van der Waals surface area contributed by atoms with Gasteiger partial charge in [0.25, 0.3) is 5.69 Å². The number of carbonyl (C=O) groups excluding carboxylic acids is 1. The van der Waals surface area contributed by atoms with Gasteiger partial charge in [0.05, 0.1) is 10.5 Å². The largest absolute Gasteiger partial charge is 0.323 e. The van der Waals surface area contributed by atoms with Gasteiger partial charge in [-0.3, -0.25) is 14.9 Å². The van der Waals surface area contributed by atoms with Crippen LogP contribution in [-0.2, 0) is 11.2 Å². The van der Waals surface area contributed by atoms with E-state index in [4.69, 9.17) is 0 Å². The van der Waals surface area contributed by atoms with E-state index in [0.29, 0.717) is 11.3 Å². The van der Waals surface area contributed by atoms with E-state index in [1.54, 1.807) is 18.2 Å². The monoisotopic (exact) mass is 310 g/mol. The number of rotatable bonds is 6. The van der Waals surface area contributed by atoms with Crippen LogP contribution in [0.15, 0.2) is 54.6 Å². The summed E-state index contributed by atoms with van der Waals surface area (Å²) in [5, 5.41) is 13.6. The van der Waals surface area contributed by atoms with Crippen LogP contribution in [0.2, 0.25) is 0 Å². The van der Waals surface area contributed by atoms with Gasteiger partial charge in [0, 0.05) is 17.8 Å². The van der Waals surface area contributed by atoms with Crippen LogP contribution in [0, 0.1) is 10.1 Å². The smallest absolute Gasteiger partial charge is 0.276 e. The maximum atomic E-state index is 11.9. The average molecular weight is 310 g/mol. The van der Waals surface area contributed by atoms with Gasteiger partial charge in [-0.15, -0.1) is 0 Å². The first-order valence-electron chi connectivity index (χ1n) is 7.41. The Kier molecular flexibility index (Phi) is 5.63. The molecule has 0 saturated carbocycles. The van der Waals surface area contributed by atoms with E-state index < -0.39 is 4.92 Å². The molecule has 0 bridgehead atoms. The minimum absolute atomic E-state index is 0.0273. The highest BCUT2D eigenvalue weighted by Gasteiger charge is 2.09. The normalized spacial score (nSPS) is 10.7. The second-order valence-corrected chi connectivity index (χ2v) is 5.09. The molecule has 2 aromatic carbocycles. The molecule has 0 fully saturated rings. The standard InChI is InChI=1S/C18H18N2O3/c1-2-5-14-8-11-16(12-9-14)19-18(21)13-10-15-6-3-4-7-17(15)20(22)23/h3-4,6-13H,2,5H2,1H3,(H,19,21)/b13-10+. The number of hydrogen-bond acceptors (Lipinski definition) is 3. The average Bonchev–Trinajstić information content (AvgIpc) is 2.55. The van der Waals surface area contributed by atoms with Crippen LogP contribution >= 0.6 is 0 Å². The summed E-state index contributed by atoms with van der Waals surface area (Å²) in [5.74, 6) is -0.327. The molecular weight excluding hydrogens is 292 g/mol. The number of para-hydroxylation sites is 1. The molecule has 0 atom stereocenters. The molecule has 0 radical (unpaired) electrons. The number of nitro benzene ring substituents is 1. The van der Waals surface area contributed by atoms with Crippen LogP contribution in [0.25, 0.3) is 6.08 Å². The number of aryl methyl sites for hydroxylation is 1. The number of anilines is 1. The highest BCUT2D eigenvalue weighted by atomic mass is 16.6. The van der Waals surface area contributed by atoms with Gasteiger partial charge in [0.15, 0.2) is 0 Å². The summed E-state index contributed by atoms with van der Waals surface area (Å²) in [7, 11) is 0. The number of benzene rings is 2. The van der Waals surface area contributed by atoms with Crippen molar-refractivity contribution in [2.24, 2.45) is 0 Å². The van der Waals surface area contributed by atoms with E-state index >= 15 is 0 Å². The minimum atomic E-state index is -0.468. The third-order valence-electron chi connectivity index (χ3n) is 3.31. The molecule has 118 valence electrons.